The molecule has 6 nitrogen and oxygen atoms in total. The summed E-state index contributed by atoms with van der Waals surface area (Å²) in [5.41, 5.74) is 0.715. The Labute approximate surface area is 127 Å². The van der Waals surface area contributed by atoms with Crippen LogP contribution in [0.2, 0.25) is 0 Å². The minimum Gasteiger partial charge on any atom is -0.481 e. The molecule has 2 rings (SSSR count). The first-order valence-electron chi connectivity index (χ1n) is 5.73. The molecule has 0 radical (unpaired) electrons. The highest BCUT2D eigenvalue weighted by Crippen LogP contribution is 2.28. The van der Waals surface area contributed by atoms with Crippen LogP contribution in [-0.4, -0.2) is 39.0 Å². The van der Waals surface area contributed by atoms with E-state index < -0.39 is 22.5 Å². The van der Waals surface area contributed by atoms with Gasteiger partial charge < -0.3 is 10.4 Å². The van der Waals surface area contributed by atoms with Crippen molar-refractivity contribution in [3.63, 3.8) is 0 Å². The average molecular weight is 359 g/mol. The van der Waals surface area contributed by atoms with E-state index in [-0.39, 0.29) is 13.0 Å². The third kappa shape index (κ3) is 3.51. The Kier molecular flexibility index (Phi) is 4.66. The van der Waals surface area contributed by atoms with E-state index in [1.807, 2.05) is 12.1 Å². The van der Waals surface area contributed by atoms with E-state index >= 15 is 0 Å². The number of carbonyl (C=O) groups excluding carboxylic acids is 2. The highest BCUT2D eigenvalue weighted by molar-refractivity contribution is 9.10. The first-order valence-corrected chi connectivity index (χ1v) is 7.40. The topological polar surface area (TPSA) is 86.7 Å². The molecule has 2 amide bonds. The van der Waals surface area contributed by atoms with Crippen molar-refractivity contribution in [1.82, 2.24) is 4.90 Å². The predicted molar refractivity (Wildman–Crippen MR) is 78.5 cm³/mol. The summed E-state index contributed by atoms with van der Waals surface area (Å²) in [6.45, 7) is -0.0987. The second kappa shape index (κ2) is 6.27. The predicted octanol–water partition coefficient (Wildman–Crippen LogP) is 2.36. The van der Waals surface area contributed by atoms with E-state index in [1.54, 1.807) is 12.1 Å². The number of carbonyl (C=O) groups is 3. The fourth-order valence-corrected chi connectivity index (χ4v) is 2.84. The van der Waals surface area contributed by atoms with Crippen LogP contribution in [0.3, 0.4) is 0 Å². The molecule has 8 heteroatoms. The van der Waals surface area contributed by atoms with Crippen LogP contribution in [0.15, 0.2) is 28.7 Å². The van der Waals surface area contributed by atoms with Crippen LogP contribution in [0.25, 0.3) is 0 Å². The molecular weight excluding hydrogens is 348 g/mol. The van der Waals surface area contributed by atoms with Gasteiger partial charge in [-0.15, -0.1) is 0 Å². The minimum atomic E-state index is -1.04. The lowest BCUT2D eigenvalue weighted by molar-refractivity contribution is -0.137. The van der Waals surface area contributed by atoms with E-state index in [4.69, 9.17) is 5.11 Å². The number of nitrogens with one attached hydrogen (secondary N) is 1. The molecule has 0 bridgehead atoms. The van der Waals surface area contributed by atoms with Gasteiger partial charge in [0.15, 0.2) is 5.37 Å². The number of hydrogen-bond donors (Lipinski definition) is 2. The summed E-state index contributed by atoms with van der Waals surface area (Å²) in [6.07, 6.45) is -0.247. The molecular formula is C12H11BrN2O4S. The monoisotopic (exact) mass is 358 g/mol. The standard InChI is InChI=1S/C12H11BrN2O4S/c13-7-1-3-8(4-2-7)14-10-11(18)15(12(19)20-10)6-5-9(16)17/h1-4,10,14H,5-6H2,(H,16,17). The molecule has 1 aromatic rings. The normalized spacial score (nSPS) is 18.4. The number of carboxylic acid groups (broad SMARTS) is 1. The summed E-state index contributed by atoms with van der Waals surface area (Å²) >= 11 is 4.16. The third-order valence-electron chi connectivity index (χ3n) is 2.62. The number of imide groups is 1. The van der Waals surface area contributed by atoms with Gasteiger partial charge in [0.05, 0.1) is 6.42 Å². The Bertz CT molecular complexity index is 549. The smallest absolute Gasteiger partial charge is 0.305 e. The maximum atomic E-state index is 12.0. The molecule has 0 aliphatic carbocycles. The van der Waals surface area contributed by atoms with E-state index in [2.05, 4.69) is 21.2 Å². The number of rotatable bonds is 5. The van der Waals surface area contributed by atoms with E-state index in [0.29, 0.717) is 5.69 Å². The largest absolute Gasteiger partial charge is 0.481 e. The highest BCUT2D eigenvalue weighted by Gasteiger charge is 2.39. The van der Waals surface area contributed by atoms with Crippen molar-refractivity contribution in [3.05, 3.63) is 28.7 Å². The number of halogens is 1. The van der Waals surface area contributed by atoms with Crippen molar-refractivity contribution in [2.24, 2.45) is 0 Å². The minimum absolute atomic E-state index is 0.0987. The molecule has 1 saturated heterocycles. The molecule has 1 aromatic carbocycles. The number of benzene rings is 1. The van der Waals surface area contributed by atoms with Gasteiger partial charge in [-0.1, -0.05) is 15.9 Å². The Morgan fingerprint density at radius 1 is 1.35 bits per heavy atom. The van der Waals surface area contributed by atoms with Gasteiger partial charge in [0.1, 0.15) is 0 Å². The molecule has 0 aromatic heterocycles. The number of carboxylic acids is 1. The Balaban J connectivity index is 2.00. The van der Waals surface area contributed by atoms with Crippen LogP contribution < -0.4 is 5.32 Å². The Morgan fingerprint density at radius 2 is 2.00 bits per heavy atom. The summed E-state index contributed by atoms with van der Waals surface area (Å²) in [4.78, 5) is 35.2. The molecule has 106 valence electrons. The van der Waals surface area contributed by atoms with Crippen LogP contribution in [0.5, 0.6) is 0 Å². The second-order valence-corrected chi connectivity index (χ2v) is 6.02. The fourth-order valence-electron chi connectivity index (χ4n) is 1.64. The number of nitrogens with zero attached hydrogens (tertiary/aromatic N) is 1. The van der Waals surface area contributed by atoms with Gasteiger partial charge in [-0.3, -0.25) is 19.3 Å². The van der Waals surface area contributed by atoms with Crippen molar-refractivity contribution < 1.29 is 19.5 Å². The van der Waals surface area contributed by atoms with Crippen LogP contribution in [0.4, 0.5) is 10.5 Å². The van der Waals surface area contributed by atoms with Crippen molar-refractivity contribution in [1.29, 1.82) is 0 Å². The van der Waals surface area contributed by atoms with Crippen molar-refractivity contribution >= 4 is 50.5 Å². The maximum absolute atomic E-state index is 12.0. The molecule has 1 unspecified atom stereocenters. The van der Waals surface area contributed by atoms with Crippen molar-refractivity contribution in [3.8, 4) is 0 Å². The Hall–Kier alpha value is -1.54. The van der Waals surface area contributed by atoms with Gasteiger partial charge in [0, 0.05) is 16.7 Å². The zero-order valence-electron chi connectivity index (χ0n) is 10.2. The quantitative estimate of drug-likeness (QED) is 0.839. The second-order valence-electron chi connectivity index (χ2n) is 4.05. The van der Waals surface area contributed by atoms with Crippen LogP contribution >= 0.6 is 27.7 Å². The highest BCUT2D eigenvalue weighted by atomic mass is 79.9. The fraction of sp³-hybridized carbons (Fsp3) is 0.250. The van der Waals surface area contributed by atoms with Gasteiger partial charge >= 0.3 is 5.97 Å². The number of aliphatic carboxylic acids is 1. The molecule has 1 aliphatic heterocycles. The van der Waals surface area contributed by atoms with E-state index in [0.717, 1.165) is 21.1 Å². The van der Waals surface area contributed by atoms with E-state index in [1.165, 1.54) is 0 Å². The Morgan fingerprint density at radius 3 is 2.60 bits per heavy atom. The summed E-state index contributed by atoms with van der Waals surface area (Å²) < 4.78 is 0.910. The van der Waals surface area contributed by atoms with Crippen LogP contribution in [0.1, 0.15) is 6.42 Å². The van der Waals surface area contributed by atoms with Gasteiger partial charge in [-0.25, -0.2) is 0 Å². The lowest BCUT2D eigenvalue weighted by Gasteiger charge is -2.13. The molecule has 2 N–H and O–H groups in total. The van der Waals surface area contributed by atoms with Crippen molar-refractivity contribution in [2.45, 2.75) is 11.8 Å². The number of thioether (sulfide) groups is 1. The first-order chi connectivity index (χ1) is 9.47. The van der Waals surface area contributed by atoms with Gasteiger partial charge in [0.25, 0.3) is 11.1 Å². The number of amides is 2. The summed E-state index contributed by atoms with van der Waals surface area (Å²) in [6, 6.07) is 7.19. The average Bonchev–Trinajstić information content (AvgIpc) is 2.65. The molecule has 1 atom stereocenters. The molecule has 0 saturated carbocycles. The molecule has 0 spiro atoms. The zero-order chi connectivity index (χ0) is 14.7. The number of hydrogen-bond acceptors (Lipinski definition) is 5. The van der Waals surface area contributed by atoms with Gasteiger partial charge in [-0.05, 0) is 36.0 Å². The summed E-state index contributed by atoms with van der Waals surface area (Å²) in [5.74, 6) is -1.45. The van der Waals surface area contributed by atoms with Crippen molar-refractivity contribution in [2.75, 3.05) is 11.9 Å². The lowest BCUT2D eigenvalue weighted by atomic mass is 10.3. The van der Waals surface area contributed by atoms with Crippen LogP contribution in [-0.2, 0) is 9.59 Å². The lowest BCUT2D eigenvalue weighted by Crippen LogP contribution is -2.35. The van der Waals surface area contributed by atoms with Gasteiger partial charge in [-0.2, -0.15) is 0 Å². The van der Waals surface area contributed by atoms with Gasteiger partial charge in [0.2, 0.25) is 0 Å². The molecule has 1 heterocycles. The molecule has 20 heavy (non-hydrogen) atoms. The zero-order valence-corrected chi connectivity index (χ0v) is 12.6. The third-order valence-corrected chi connectivity index (χ3v) is 4.13. The summed E-state index contributed by atoms with van der Waals surface area (Å²) in [5, 5.41) is 10.4. The first kappa shape index (κ1) is 14.9. The SMILES string of the molecule is O=C(O)CCN1C(=O)SC(Nc2ccc(Br)cc2)C1=O. The van der Waals surface area contributed by atoms with E-state index in [9.17, 15) is 14.4 Å². The van der Waals surface area contributed by atoms with Crippen LogP contribution in [0, 0.1) is 0 Å². The number of anilines is 1. The molecule has 1 fully saturated rings. The summed E-state index contributed by atoms with van der Waals surface area (Å²) in [7, 11) is 0. The molecule has 1 aliphatic rings. The maximum Gasteiger partial charge on any atom is 0.305 e.